The number of hydrogen-bond acceptors (Lipinski definition) is 3. The van der Waals surface area contributed by atoms with Crippen molar-refractivity contribution in [2.45, 2.75) is 44.3 Å². The van der Waals surface area contributed by atoms with E-state index in [0.717, 1.165) is 30.2 Å². The molecule has 0 bridgehead atoms. The molecular formula is C16H33IN4S. The Bertz CT molecular complexity index is 313. The lowest BCUT2D eigenvalue weighted by atomic mass is 9.93. The maximum absolute atomic E-state index is 4.33. The van der Waals surface area contributed by atoms with Gasteiger partial charge >= 0.3 is 0 Å². The molecule has 1 atom stereocenters. The molecule has 0 radical (unpaired) electrons. The van der Waals surface area contributed by atoms with Gasteiger partial charge in [0.2, 0.25) is 0 Å². The quantitative estimate of drug-likeness (QED) is 0.379. The minimum atomic E-state index is 0. The van der Waals surface area contributed by atoms with E-state index in [4.69, 9.17) is 0 Å². The second kappa shape index (κ2) is 11.8. The molecule has 0 amide bonds. The highest BCUT2D eigenvalue weighted by atomic mass is 127. The van der Waals surface area contributed by atoms with Gasteiger partial charge in [-0.1, -0.05) is 6.92 Å². The summed E-state index contributed by atoms with van der Waals surface area (Å²) in [6, 6.07) is 0. The number of halogens is 1. The minimum absolute atomic E-state index is 0. The molecule has 0 spiro atoms. The van der Waals surface area contributed by atoms with Crippen LogP contribution in [0.15, 0.2) is 4.99 Å². The van der Waals surface area contributed by atoms with Crippen LogP contribution in [0.2, 0.25) is 0 Å². The number of piperidine rings is 1. The molecule has 0 aromatic rings. The first-order valence-electron chi connectivity index (χ1n) is 8.60. The molecule has 22 heavy (non-hydrogen) atoms. The Morgan fingerprint density at radius 3 is 2.59 bits per heavy atom. The van der Waals surface area contributed by atoms with Crippen LogP contribution in [0.3, 0.4) is 0 Å². The van der Waals surface area contributed by atoms with Gasteiger partial charge in [0, 0.05) is 25.4 Å². The van der Waals surface area contributed by atoms with Gasteiger partial charge in [0.25, 0.3) is 0 Å². The van der Waals surface area contributed by atoms with Crippen LogP contribution in [0.4, 0.5) is 0 Å². The molecule has 2 fully saturated rings. The predicted molar refractivity (Wildman–Crippen MR) is 110 cm³/mol. The zero-order valence-corrected chi connectivity index (χ0v) is 17.3. The Morgan fingerprint density at radius 1 is 1.23 bits per heavy atom. The SMILES string of the molecule is CCN1CCC(CCNC(=NC)NCC2CCCS2)CC1.I. The van der Waals surface area contributed by atoms with Crippen LogP contribution in [-0.4, -0.2) is 61.6 Å². The Kier molecular flexibility index (Phi) is 10.9. The molecule has 2 heterocycles. The van der Waals surface area contributed by atoms with Gasteiger partial charge in [0.05, 0.1) is 0 Å². The first-order valence-corrected chi connectivity index (χ1v) is 9.65. The number of nitrogens with one attached hydrogen (secondary N) is 2. The maximum atomic E-state index is 4.33. The number of nitrogens with zero attached hydrogens (tertiary/aromatic N) is 2. The number of rotatable bonds is 6. The lowest BCUT2D eigenvalue weighted by Crippen LogP contribution is -2.41. The first-order chi connectivity index (χ1) is 10.3. The fourth-order valence-corrected chi connectivity index (χ4v) is 4.42. The van der Waals surface area contributed by atoms with Crippen LogP contribution in [0.5, 0.6) is 0 Å². The summed E-state index contributed by atoms with van der Waals surface area (Å²) < 4.78 is 0. The average Bonchev–Trinajstić information content (AvgIpc) is 3.04. The third kappa shape index (κ3) is 7.25. The molecule has 2 aliphatic heterocycles. The Balaban J connectivity index is 0.00000242. The zero-order valence-electron chi connectivity index (χ0n) is 14.1. The van der Waals surface area contributed by atoms with Gasteiger partial charge < -0.3 is 15.5 Å². The summed E-state index contributed by atoms with van der Waals surface area (Å²) in [4.78, 5) is 6.89. The van der Waals surface area contributed by atoms with E-state index in [1.54, 1.807) is 0 Å². The van der Waals surface area contributed by atoms with Gasteiger partial charge in [0.1, 0.15) is 0 Å². The van der Waals surface area contributed by atoms with E-state index >= 15 is 0 Å². The van der Waals surface area contributed by atoms with Crippen molar-refractivity contribution in [1.82, 2.24) is 15.5 Å². The van der Waals surface area contributed by atoms with Gasteiger partial charge in [-0.15, -0.1) is 24.0 Å². The maximum Gasteiger partial charge on any atom is 0.191 e. The van der Waals surface area contributed by atoms with Crippen molar-refractivity contribution in [1.29, 1.82) is 0 Å². The van der Waals surface area contributed by atoms with Crippen molar-refractivity contribution in [3.8, 4) is 0 Å². The molecular weight excluding hydrogens is 407 g/mol. The second-order valence-corrected chi connectivity index (χ2v) is 7.59. The lowest BCUT2D eigenvalue weighted by molar-refractivity contribution is 0.187. The first kappa shape index (κ1) is 20.4. The highest BCUT2D eigenvalue weighted by molar-refractivity contribution is 14.0. The molecule has 0 aliphatic carbocycles. The summed E-state index contributed by atoms with van der Waals surface area (Å²) in [6.45, 7) is 8.15. The molecule has 4 nitrogen and oxygen atoms in total. The van der Waals surface area contributed by atoms with Gasteiger partial charge in [-0.2, -0.15) is 11.8 Å². The predicted octanol–water partition coefficient (Wildman–Crippen LogP) is 2.79. The lowest BCUT2D eigenvalue weighted by Gasteiger charge is -2.31. The molecule has 0 saturated carbocycles. The number of aliphatic imine (C=N–C) groups is 1. The molecule has 2 N–H and O–H groups in total. The molecule has 0 aromatic heterocycles. The average molecular weight is 440 g/mol. The fourth-order valence-electron chi connectivity index (χ4n) is 3.22. The van der Waals surface area contributed by atoms with E-state index in [9.17, 15) is 0 Å². The number of hydrogen-bond donors (Lipinski definition) is 2. The highest BCUT2D eigenvalue weighted by Gasteiger charge is 2.18. The number of likely N-dealkylation sites (tertiary alicyclic amines) is 1. The Hall–Kier alpha value is 0.310. The highest BCUT2D eigenvalue weighted by Crippen LogP contribution is 2.25. The molecule has 2 rings (SSSR count). The molecule has 6 heteroatoms. The van der Waals surface area contributed by atoms with Crippen molar-refractivity contribution < 1.29 is 0 Å². The van der Waals surface area contributed by atoms with E-state index in [-0.39, 0.29) is 24.0 Å². The largest absolute Gasteiger partial charge is 0.356 e. The van der Waals surface area contributed by atoms with Crippen molar-refractivity contribution >= 4 is 41.7 Å². The van der Waals surface area contributed by atoms with Crippen molar-refractivity contribution in [2.75, 3.05) is 45.5 Å². The van der Waals surface area contributed by atoms with E-state index in [1.165, 1.54) is 57.5 Å². The fraction of sp³-hybridized carbons (Fsp3) is 0.938. The van der Waals surface area contributed by atoms with Crippen LogP contribution in [0.1, 0.15) is 39.0 Å². The minimum Gasteiger partial charge on any atom is -0.356 e. The normalized spacial score (nSPS) is 24.1. The summed E-state index contributed by atoms with van der Waals surface area (Å²) >= 11 is 2.09. The molecule has 0 aromatic carbocycles. The number of thioether (sulfide) groups is 1. The van der Waals surface area contributed by atoms with Crippen LogP contribution in [0.25, 0.3) is 0 Å². The van der Waals surface area contributed by atoms with E-state index in [2.05, 4.69) is 39.2 Å². The second-order valence-electron chi connectivity index (χ2n) is 6.18. The monoisotopic (exact) mass is 440 g/mol. The van der Waals surface area contributed by atoms with Crippen LogP contribution < -0.4 is 10.6 Å². The van der Waals surface area contributed by atoms with Gasteiger partial charge in [0.15, 0.2) is 5.96 Å². The summed E-state index contributed by atoms with van der Waals surface area (Å²) in [5.74, 6) is 3.20. The Labute approximate surface area is 157 Å². The van der Waals surface area contributed by atoms with Crippen LogP contribution >= 0.6 is 35.7 Å². The van der Waals surface area contributed by atoms with Gasteiger partial charge in [-0.25, -0.2) is 0 Å². The van der Waals surface area contributed by atoms with Crippen LogP contribution in [-0.2, 0) is 0 Å². The smallest absolute Gasteiger partial charge is 0.191 e. The zero-order chi connectivity index (χ0) is 14.9. The van der Waals surface area contributed by atoms with E-state index in [1.807, 2.05) is 7.05 Å². The third-order valence-electron chi connectivity index (χ3n) is 4.74. The molecule has 130 valence electrons. The van der Waals surface area contributed by atoms with E-state index < -0.39 is 0 Å². The van der Waals surface area contributed by atoms with Gasteiger partial charge in [-0.3, -0.25) is 4.99 Å². The van der Waals surface area contributed by atoms with Crippen molar-refractivity contribution in [3.05, 3.63) is 0 Å². The van der Waals surface area contributed by atoms with Crippen molar-refractivity contribution in [2.24, 2.45) is 10.9 Å². The van der Waals surface area contributed by atoms with Gasteiger partial charge in [-0.05, 0) is 63.4 Å². The Morgan fingerprint density at radius 2 is 2.00 bits per heavy atom. The molecule has 2 aliphatic rings. The summed E-state index contributed by atoms with van der Waals surface area (Å²) in [5, 5.41) is 7.74. The topological polar surface area (TPSA) is 39.7 Å². The standard InChI is InChI=1S/C16H32N4S.HI/c1-3-20-10-7-14(8-11-20)6-9-18-16(17-2)19-13-15-5-4-12-21-15;/h14-15H,3-13H2,1-2H3,(H2,17,18,19);1H. The summed E-state index contributed by atoms with van der Waals surface area (Å²) in [7, 11) is 1.87. The summed E-state index contributed by atoms with van der Waals surface area (Å²) in [5.41, 5.74) is 0. The van der Waals surface area contributed by atoms with Crippen LogP contribution in [0, 0.1) is 5.92 Å². The molecule has 1 unspecified atom stereocenters. The van der Waals surface area contributed by atoms with E-state index in [0.29, 0.717) is 0 Å². The summed E-state index contributed by atoms with van der Waals surface area (Å²) in [6.07, 6.45) is 6.72. The molecule has 2 saturated heterocycles. The third-order valence-corrected chi connectivity index (χ3v) is 6.14. The number of guanidine groups is 1. The van der Waals surface area contributed by atoms with Crippen molar-refractivity contribution in [3.63, 3.8) is 0 Å².